The van der Waals surface area contributed by atoms with E-state index in [1.807, 2.05) is 26.8 Å². The Morgan fingerprint density at radius 1 is 1.04 bits per heavy atom. The van der Waals surface area contributed by atoms with Gasteiger partial charge in [-0.3, -0.25) is 14.7 Å². The third-order valence-corrected chi connectivity index (χ3v) is 9.56. The maximum Gasteiger partial charge on any atom is 0.460 e. The third-order valence-electron chi connectivity index (χ3n) is 8.68. The minimum absolute atomic E-state index is 0.0859. The molecule has 3 aliphatic rings. The first-order valence-corrected chi connectivity index (χ1v) is 16.5. The monoisotopic (exact) mass is 732 g/mol. The molecule has 0 aliphatic carbocycles. The largest absolute Gasteiger partial charge is 0.497 e. The van der Waals surface area contributed by atoms with Gasteiger partial charge in [-0.05, 0) is 88.4 Å². The average Bonchev–Trinajstić information content (AvgIpc) is 3.01. The van der Waals surface area contributed by atoms with Gasteiger partial charge in [0.05, 0.1) is 24.5 Å². The number of benzene rings is 1. The number of rotatable bonds is 12. The van der Waals surface area contributed by atoms with Gasteiger partial charge in [0.25, 0.3) is 5.91 Å². The van der Waals surface area contributed by atoms with Crippen LogP contribution in [0, 0.1) is 11.8 Å². The summed E-state index contributed by atoms with van der Waals surface area (Å²) in [5, 5.41) is 4.92. The fraction of sp³-hybridized carbons (Fsp3) is 0.645. The van der Waals surface area contributed by atoms with Crippen LogP contribution in [-0.2, 0) is 9.53 Å². The van der Waals surface area contributed by atoms with Crippen LogP contribution < -0.4 is 15.4 Å². The van der Waals surface area contributed by atoms with E-state index in [2.05, 4.69) is 15.2 Å². The summed E-state index contributed by atoms with van der Waals surface area (Å²) in [6, 6.07) is 6.98. The number of alkyl carbamates (subject to hydrolysis) is 1. The first-order valence-electron chi connectivity index (χ1n) is 15.3. The lowest BCUT2D eigenvalue weighted by Gasteiger charge is -2.52. The maximum atomic E-state index is 13.8. The van der Waals surface area contributed by atoms with Crippen molar-refractivity contribution in [1.29, 1.82) is 0 Å². The number of pyridine rings is 1. The van der Waals surface area contributed by atoms with Gasteiger partial charge < -0.3 is 20.1 Å². The first kappa shape index (κ1) is 38.6. The molecule has 18 heteroatoms. The number of alkyl halides is 9. The summed E-state index contributed by atoms with van der Waals surface area (Å²) in [7, 11) is 1.54. The van der Waals surface area contributed by atoms with Gasteiger partial charge in [-0.1, -0.05) is 0 Å². The lowest BCUT2D eigenvalue weighted by atomic mass is 9.72. The van der Waals surface area contributed by atoms with E-state index < -0.39 is 53.5 Å². The number of halogens is 9. The lowest BCUT2D eigenvalue weighted by molar-refractivity contribution is -0.388. The SMILES string of the molecule is COc1ccc2nccc([C@@H](OC(=O)NC(C)(C)C)[C@@H]3CC4CCN3CC4CCSCNC(=O)C(F)(F)C(F)(F)C(F)(F)C(F)(F)F)c2c1. The molecule has 3 fully saturated rings. The summed E-state index contributed by atoms with van der Waals surface area (Å²) in [5.74, 6) is -23.1. The predicted molar refractivity (Wildman–Crippen MR) is 163 cm³/mol. The molecule has 1 aromatic heterocycles. The molecule has 5 atom stereocenters. The Bertz CT molecular complexity index is 1510. The van der Waals surface area contributed by atoms with E-state index in [1.165, 1.54) is 12.4 Å². The van der Waals surface area contributed by atoms with Gasteiger partial charge in [-0.2, -0.15) is 39.5 Å². The van der Waals surface area contributed by atoms with Gasteiger partial charge >= 0.3 is 30.0 Å². The third kappa shape index (κ3) is 8.10. The van der Waals surface area contributed by atoms with Crippen molar-refractivity contribution in [2.75, 3.05) is 31.8 Å². The topological polar surface area (TPSA) is 92.8 Å². The molecule has 274 valence electrons. The molecule has 1 aromatic carbocycles. The minimum atomic E-state index is -7.14. The molecule has 2 aromatic rings. The summed E-state index contributed by atoms with van der Waals surface area (Å²) >= 11 is 0.830. The smallest absolute Gasteiger partial charge is 0.460 e. The van der Waals surface area contributed by atoms with Crippen LogP contribution in [0.15, 0.2) is 30.5 Å². The molecule has 3 aliphatic heterocycles. The van der Waals surface area contributed by atoms with Crippen molar-refractivity contribution in [2.24, 2.45) is 11.8 Å². The van der Waals surface area contributed by atoms with Crippen LogP contribution in [-0.4, -0.2) is 89.2 Å². The number of carbonyl (C=O) groups excluding carboxylic acids is 2. The van der Waals surface area contributed by atoms with Gasteiger partial charge in [0, 0.05) is 29.2 Å². The number of methoxy groups -OCH3 is 1. The van der Waals surface area contributed by atoms with E-state index >= 15 is 0 Å². The highest BCUT2D eigenvalue weighted by Crippen LogP contribution is 2.53. The molecule has 2 amide bonds. The first-order chi connectivity index (χ1) is 22.6. The zero-order valence-electron chi connectivity index (χ0n) is 27.0. The van der Waals surface area contributed by atoms with Gasteiger partial charge in [-0.15, -0.1) is 11.8 Å². The van der Waals surface area contributed by atoms with Gasteiger partial charge in [0.1, 0.15) is 11.9 Å². The number of nitrogens with one attached hydrogen (secondary N) is 2. The van der Waals surface area contributed by atoms with Crippen molar-refractivity contribution in [2.45, 2.75) is 81.7 Å². The van der Waals surface area contributed by atoms with E-state index in [9.17, 15) is 49.1 Å². The number of thioether (sulfide) groups is 1. The molecular weight excluding hydrogens is 695 g/mol. The van der Waals surface area contributed by atoms with Crippen LogP contribution >= 0.6 is 11.8 Å². The molecule has 8 nitrogen and oxygen atoms in total. The summed E-state index contributed by atoms with van der Waals surface area (Å²) < 4.78 is 130. The molecule has 3 saturated heterocycles. The normalized spacial score (nSPS) is 22.5. The second kappa shape index (κ2) is 14.2. The van der Waals surface area contributed by atoms with Crippen molar-refractivity contribution in [3.63, 3.8) is 0 Å². The molecular formula is C31H37F9N4O4S. The van der Waals surface area contributed by atoms with E-state index in [-0.39, 0.29) is 23.6 Å². The van der Waals surface area contributed by atoms with E-state index in [1.54, 1.807) is 24.4 Å². The number of piperidine rings is 3. The maximum absolute atomic E-state index is 13.8. The Hall–Kier alpha value is -3.15. The number of fused-ring (bicyclic) bond motifs is 4. The van der Waals surface area contributed by atoms with E-state index in [4.69, 9.17) is 9.47 Å². The van der Waals surface area contributed by atoms with Gasteiger partial charge in [0.2, 0.25) is 0 Å². The van der Waals surface area contributed by atoms with Crippen LogP contribution in [0.2, 0.25) is 0 Å². The predicted octanol–water partition coefficient (Wildman–Crippen LogP) is 7.18. The number of carbonyl (C=O) groups is 2. The summed E-state index contributed by atoms with van der Waals surface area (Å²) in [5.41, 5.74) is 0.852. The number of nitrogens with zero attached hydrogens (tertiary/aromatic N) is 2. The quantitative estimate of drug-likeness (QED) is 0.136. The molecule has 49 heavy (non-hydrogen) atoms. The highest BCUT2D eigenvalue weighted by atomic mass is 32.2. The zero-order valence-corrected chi connectivity index (χ0v) is 27.8. The fourth-order valence-electron chi connectivity index (χ4n) is 6.20. The highest BCUT2D eigenvalue weighted by molar-refractivity contribution is 7.99. The Balaban J connectivity index is 1.40. The highest BCUT2D eigenvalue weighted by Gasteiger charge is 2.83. The van der Waals surface area contributed by atoms with Gasteiger partial charge in [0.15, 0.2) is 0 Å². The molecule has 3 unspecified atom stereocenters. The van der Waals surface area contributed by atoms with Gasteiger partial charge in [-0.25, -0.2) is 4.79 Å². The standard InChI is InChI=1S/C31H37F9N4O4S/c1-27(2,3)43-26(46)48-24(20-7-10-41-22-6-5-19(47-4)14-21(20)22)23-13-17-8-11-44(23)15-18(17)9-12-49-16-42-25(45)28(32,33)29(34,35)30(36,37)31(38,39)40/h5-7,10,14,17-18,23-24H,8-9,11-13,15-16H2,1-4H3,(H,42,45)(H,43,46)/t17?,18?,23-,24+/m0/s1. The average molecular weight is 733 g/mol. The molecule has 0 radical (unpaired) electrons. The Labute approximate surface area is 280 Å². The number of hydrogen-bond donors (Lipinski definition) is 2. The van der Waals surface area contributed by atoms with Crippen LogP contribution in [0.25, 0.3) is 10.9 Å². The zero-order chi connectivity index (χ0) is 36.6. The van der Waals surface area contributed by atoms with Crippen LogP contribution in [0.1, 0.15) is 51.7 Å². The summed E-state index contributed by atoms with van der Waals surface area (Å²) in [6.07, 6.45) is -4.74. The molecule has 2 N–H and O–H groups in total. The molecule has 5 rings (SSSR count). The Morgan fingerprint density at radius 2 is 1.73 bits per heavy atom. The van der Waals surface area contributed by atoms with Crippen molar-refractivity contribution >= 4 is 34.7 Å². The number of aromatic nitrogens is 1. The van der Waals surface area contributed by atoms with Crippen molar-refractivity contribution < 1.29 is 58.6 Å². The van der Waals surface area contributed by atoms with E-state index in [0.29, 0.717) is 37.2 Å². The molecule has 0 saturated carbocycles. The Morgan fingerprint density at radius 3 is 2.33 bits per heavy atom. The van der Waals surface area contributed by atoms with Crippen LogP contribution in [0.5, 0.6) is 5.75 Å². The summed E-state index contributed by atoms with van der Waals surface area (Å²) in [4.78, 5) is 31.3. The number of ether oxygens (including phenoxy) is 2. The van der Waals surface area contributed by atoms with Crippen molar-refractivity contribution in [3.05, 3.63) is 36.0 Å². The summed E-state index contributed by atoms with van der Waals surface area (Å²) in [6.45, 7) is 6.75. The van der Waals surface area contributed by atoms with E-state index in [0.717, 1.165) is 29.1 Å². The second-order valence-corrected chi connectivity index (χ2v) is 14.3. The van der Waals surface area contributed by atoms with Crippen LogP contribution in [0.3, 0.4) is 0 Å². The Kier molecular flexibility index (Phi) is 11.2. The minimum Gasteiger partial charge on any atom is -0.497 e. The number of amides is 2. The lowest BCUT2D eigenvalue weighted by Crippen LogP contribution is -2.65. The molecule has 2 bridgehead atoms. The number of hydrogen-bond acceptors (Lipinski definition) is 7. The van der Waals surface area contributed by atoms with Crippen LogP contribution in [0.4, 0.5) is 44.3 Å². The molecule has 0 spiro atoms. The van der Waals surface area contributed by atoms with Crippen molar-refractivity contribution in [3.8, 4) is 5.75 Å². The second-order valence-electron chi connectivity index (χ2n) is 13.2. The molecule has 4 heterocycles. The fourth-order valence-corrected chi connectivity index (χ4v) is 7.04. The van der Waals surface area contributed by atoms with Crippen molar-refractivity contribution in [1.82, 2.24) is 20.5 Å².